The Morgan fingerprint density at radius 2 is 2.33 bits per heavy atom. The molecule has 1 aliphatic rings. The van der Waals surface area contributed by atoms with Crippen molar-refractivity contribution in [3.8, 4) is 0 Å². The van der Waals surface area contributed by atoms with Gasteiger partial charge in [-0.3, -0.25) is 4.98 Å². The Labute approximate surface area is 106 Å². The minimum atomic E-state index is -3.29. The van der Waals surface area contributed by atoms with Gasteiger partial charge in [-0.2, -0.15) is 0 Å². The lowest BCUT2D eigenvalue weighted by molar-refractivity contribution is 0.0686. The number of rotatable bonds is 4. The van der Waals surface area contributed by atoms with E-state index in [1.165, 1.54) is 0 Å². The van der Waals surface area contributed by atoms with Crippen molar-refractivity contribution < 1.29 is 13.5 Å². The maximum atomic E-state index is 11.0. The van der Waals surface area contributed by atoms with Gasteiger partial charge in [-0.05, 0) is 6.42 Å². The van der Waals surface area contributed by atoms with E-state index in [-0.39, 0.29) is 6.54 Å². The Kier molecular flexibility index (Phi) is 3.51. The predicted molar refractivity (Wildman–Crippen MR) is 66.7 cm³/mol. The van der Waals surface area contributed by atoms with Crippen molar-refractivity contribution in [1.29, 1.82) is 0 Å². The van der Waals surface area contributed by atoms with E-state index in [1.807, 2.05) is 4.90 Å². The molecule has 0 spiro atoms. The second-order valence-corrected chi connectivity index (χ2v) is 6.39. The molecule has 1 fully saturated rings. The maximum absolute atomic E-state index is 11.0. The molecule has 0 bridgehead atoms. The van der Waals surface area contributed by atoms with Crippen LogP contribution in [-0.4, -0.2) is 55.0 Å². The summed E-state index contributed by atoms with van der Waals surface area (Å²) in [6.45, 7) is 0.984. The predicted octanol–water partition coefficient (Wildman–Crippen LogP) is -1.03. The van der Waals surface area contributed by atoms with Crippen LogP contribution in [0.25, 0.3) is 0 Å². The minimum absolute atomic E-state index is 0.0165. The lowest BCUT2D eigenvalue weighted by Crippen LogP contribution is -2.44. The van der Waals surface area contributed by atoms with E-state index < -0.39 is 15.6 Å². The van der Waals surface area contributed by atoms with Gasteiger partial charge in [0.2, 0.25) is 10.0 Å². The first-order valence-electron chi connectivity index (χ1n) is 5.56. The number of hydrogen-bond donors (Lipinski definition) is 2. The number of anilines is 1. The van der Waals surface area contributed by atoms with Crippen molar-refractivity contribution in [1.82, 2.24) is 14.7 Å². The van der Waals surface area contributed by atoms with E-state index in [4.69, 9.17) is 0 Å². The smallest absolute Gasteiger partial charge is 0.208 e. The van der Waals surface area contributed by atoms with Gasteiger partial charge in [0.1, 0.15) is 5.82 Å². The second-order valence-electron chi connectivity index (χ2n) is 4.55. The van der Waals surface area contributed by atoms with Gasteiger partial charge in [0.05, 0.1) is 18.1 Å². The van der Waals surface area contributed by atoms with Crippen molar-refractivity contribution >= 4 is 15.8 Å². The van der Waals surface area contributed by atoms with E-state index >= 15 is 0 Å². The van der Waals surface area contributed by atoms with Crippen LogP contribution in [0.1, 0.15) is 6.42 Å². The summed E-state index contributed by atoms with van der Waals surface area (Å²) in [6, 6.07) is 0. The summed E-state index contributed by atoms with van der Waals surface area (Å²) in [5, 5.41) is 10.3. The Morgan fingerprint density at radius 3 is 2.94 bits per heavy atom. The maximum Gasteiger partial charge on any atom is 0.208 e. The zero-order valence-corrected chi connectivity index (χ0v) is 10.9. The number of aliphatic hydroxyl groups is 1. The highest BCUT2D eigenvalue weighted by atomic mass is 32.2. The van der Waals surface area contributed by atoms with Gasteiger partial charge in [0.25, 0.3) is 0 Å². The molecule has 8 heteroatoms. The number of nitrogens with zero attached hydrogens (tertiary/aromatic N) is 3. The molecule has 0 aromatic carbocycles. The number of β-amino-alcohol motifs (C(OH)–C–C–N with tert-alkyl or cyclic N) is 1. The Hall–Kier alpha value is -1.25. The second kappa shape index (κ2) is 4.79. The van der Waals surface area contributed by atoms with Crippen LogP contribution in [0.15, 0.2) is 18.6 Å². The van der Waals surface area contributed by atoms with Crippen LogP contribution < -0.4 is 9.62 Å². The number of sulfonamides is 1. The van der Waals surface area contributed by atoms with Gasteiger partial charge < -0.3 is 10.0 Å². The molecule has 0 unspecified atom stereocenters. The molecule has 0 aliphatic carbocycles. The summed E-state index contributed by atoms with van der Waals surface area (Å²) in [7, 11) is -3.29. The monoisotopic (exact) mass is 272 g/mol. The summed E-state index contributed by atoms with van der Waals surface area (Å²) in [6.07, 6.45) is 6.35. The molecular formula is C10H16N4O3S. The molecule has 100 valence electrons. The lowest BCUT2D eigenvalue weighted by Gasteiger charge is -2.23. The van der Waals surface area contributed by atoms with Crippen molar-refractivity contribution in [3.05, 3.63) is 18.6 Å². The summed E-state index contributed by atoms with van der Waals surface area (Å²) >= 11 is 0. The number of aromatic nitrogens is 2. The SMILES string of the molecule is CS(=O)(=O)NC[C@@]1(O)CCN(c2cnccn2)C1. The van der Waals surface area contributed by atoms with E-state index in [2.05, 4.69) is 14.7 Å². The summed E-state index contributed by atoms with van der Waals surface area (Å²) in [5.74, 6) is 0.688. The number of hydrogen-bond acceptors (Lipinski definition) is 6. The third-order valence-electron chi connectivity index (χ3n) is 2.87. The van der Waals surface area contributed by atoms with Crippen LogP contribution in [0.2, 0.25) is 0 Å². The molecule has 18 heavy (non-hydrogen) atoms. The molecule has 0 radical (unpaired) electrons. The minimum Gasteiger partial charge on any atom is -0.387 e. The molecule has 7 nitrogen and oxygen atoms in total. The van der Waals surface area contributed by atoms with Crippen LogP contribution in [-0.2, 0) is 10.0 Å². The molecule has 1 aliphatic heterocycles. The molecule has 2 rings (SSSR count). The van der Waals surface area contributed by atoms with E-state index in [0.29, 0.717) is 25.3 Å². The van der Waals surface area contributed by atoms with E-state index in [1.54, 1.807) is 18.6 Å². The van der Waals surface area contributed by atoms with Gasteiger partial charge in [0, 0.05) is 32.0 Å². The highest BCUT2D eigenvalue weighted by molar-refractivity contribution is 7.88. The van der Waals surface area contributed by atoms with Crippen molar-refractivity contribution in [3.63, 3.8) is 0 Å². The van der Waals surface area contributed by atoms with Gasteiger partial charge >= 0.3 is 0 Å². The van der Waals surface area contributed by atoms with Crippen LogP contribution in [0.4, 0.5) is 5.82 Å². The van der Waals surface area contributed by atoms with Crippen LogP contribution in [0.5, 0.6) is 0 Å². The third-order valence-corrected chi connectivity index (χ3v) is 3.54. The largest absolute Gasteiger partial charge is 0.387 e. The van der Waals surface area contributed by atoms with Crippen molar-refractivity contribution in [2.24, 2.45) is 0 Å². The van der Waals surface area contributed by atoms with E-state index in [9.17, 15) is 13.5 Å². The van der Waals surface area contributed by atoms with Gasteiger partial charge in [-0.15, -0.1) is 0 Å². The molecule has 2 N–H and O–H groups in total. The number of nitrogens with one attached hydrogen (secondary N) is 1. The molecule has 2 heterocycles. The highest BCUT2D eigenvalue weighted by Crippen LogP contribution is 2.24. The fraction of sp³-hybridized carbons (Fsp3) is 0.600. The summed E-state index contributed by atoms with van der Waals surface area (Å²) in [5.41, 5.74) is -1.05. The van der Waals surface area contributed by atoms with Crippen molar-refractivity contribution in [2.45, 2.75) is 12.0 Å². The zero-order chi connectivity index (χ0) is 13.2. The molecule has 1 atom stereocenters. The van der Waals surface area contributed by atoms with Crippen LogP contribution in [0.3, 0.4) is 0 Å². The summed E-state index contributed by atoms with van der Waals surface area (Å²) in [4.78, 5) is 10.00. The fourth-order valence-electron chi connectivity index (χ4n) is 1.92. The van der Waals surface area contributed by atoms with Gasteiger partial charge in [-0.1, -0.05) is 0 Å². The first-order valence-corrected chi connectivity index (χ1v) is 7.45. The summed E-state index contributed by atoms with van der Waals surface area (Å²) < 4.78 is 24.4. The van der Waals surface area contributed by atoms with Crippen LogP contribution >= 0.6 is 0 Å². The lowest BCUT2D eigenvalue weighted by atomic mass is 10.0. The van der Waals surface area contributed by atoms with Gasteiger partial charge in [0.15, 0.2) is 0 Å². The third kappa shape index (κ3) is 3.37. The van der Waals surface area contributed by atoms with Crippen LogP contribution in [0, 0.1) is 0 Å². The first-order chi connectivity index (χ1) is 8.38. The average molecular weight is 272 g/mol. The molecule has 1 aromatic heterocycles. The van der Waals surface area contributed by atoms with Gasteiger partial charge in [-0.25, -0.2) is 18.1 Å². The topological polar surface area (TPSA) is 95.4 Å². The quantitative estimate of drug-likeness (QED) is 0.727. The molecule has 1 saturated heterocycles. The molecular weight excluding hydrogens is 256 g/mol. The molecule has 1 aromatic rings. The zero-order valence-electron chi connectivity index (χ0n) is 10.1. The Balaban J connectivity index is 1.99. The normalized spacial score (nSPS) is 24.4. The molecule has 0 saturated carbocycles. The Morgan fingerprint density at radius 1 is 1.56 bits per heavy atom. The Bertz CT molecular complexity index is 507. The fourth-order valence-corrected chi connectivity index (χ4v) is 2.45. The first kappa shape index (κ1) is 13.2. The van der Waals surface area contributed by atoms with E-state index in [0.717, 1.165) is 6.26 Å². The average Bonchev–Trinajstić information content (AvgIpc) is 2.71. The van der Waals surface area contributed by atoms with Crippen molar-refractivity contribution in [2.75, 3.05) is 30.8 Å². The molecule has 0 amide bonds. The standard InChI is InChI=1S/C10H16N4O3S/c1-18(16,17)13-7-10(15)2-5-14(8-10)9-6-11-3-4-12-9/h3-4,6,13,15H,2,5,7-8H2,1H3/t10-/m0/s1. The highest BCUT2D eigenvalue weighted by Gasteiger charge is 2.37.